The van der Waals surface area contributed by atoms with Crippen LogP contribution in [0, 0.1) is 0 Å². The predicted molar refractivity (Wildman–Crippen MR) is 83.2 cm³/mol. The number of carbonyl (C=O) groups excluding carboxylic acids is 1. The predicted octanol–water partition coefficient (Wildman–Crippen LogP) is 1.72. The van der Waals surface area contributed by atoms with Gasteiger partial charge in [0.15, 0.2) is 0 Å². The summed E-state index contributed by atoms with van der Waals surface area (Å²) < 4.78 is 0. The second-order valence-electron chi connectivity index (χ2n) is 5.61. The number of nitrogens with one attached hydrogen (secondary N) is 2. The third kappa shape index (κ3) is 3.51. The molecule has 0 bridgehead atoms. The van der Waals surface area contributed by atoms with Gasteiger partial charge in [-0.05, 0) is 49.9 Å². The van der Waals surface area contributed by atoms with Crippen molar-refractivity contribution in [1.82, 2.24) is 10.6 Å². The molecular formula is C16H25N3O. The Morgan fingerprint density at radius 3 is 2.65 bits per heavy atom. The van der Waals surface area contributed by atoms with E-state index in [1.807, 2.05) is 21.0 Å². The van der Waals surface area contributed by atoms with E-state index in [1.165, 1.54) is 11.3 Å². The molecule has 1 fully saturated rings. The topological polar surface area (TPSA) is 44.4 Å². The third-order valence-electron chi connectivity index (χ3n) is 3.95. The minimum atomic E-state index is -0.0535. The van der Waals surface area contributed by atoms with Crippen molar-refractivity contribution in [1.29, 1.82) is 0 Å². The Kier molecular flexibility index (Phi) is 5.01. The highest BCUT2D eigenvalue weighted by atomic mass is 16.2. The summed E-state index contributed by atoms with van der Waals surface area (Å²) in [6.07, 6.45) is 1.98. The molecule has 2 unspecified atom stereocenters. The quantitative estimate of drug-likeness (QED) is 0.879. The Labute approximate surface area is 121 Å². The van der Waals surface area contributed by atoms with Crippen molar-refractivity contribution in [2.24, 2.45) is 0 Å². The van der Waals surface area contributed by atoms with Crippen molar-refractivity contribution in [3.05, 3.63) is 29.8 Å². The molecule has 1 aromatic carbocycles. The summed E-state index contributed by atoms with van der Waals surface area (Å²) in [6, 6.07) is 8.64. The first-order valence-corrected chi connectivity index (χ1v) is 7.40. The Morgan fingerprint density at radius 2 is 2.05 bits per heavy atom. The van der Waals surface area contributed by atoms with Crippen LogP contribution in [0.2, 0.25) is 0 Å². The van der Waals surface area contributed by atoms with Crippen LogP contribution >= 0.6 is 0 Å². The number of likely N-dealkylation sites (N-methyl/N-ethyl adjacent to an activating group) is 1. The lowest BCUT2D eigenvalue weighted by Gasteiger charge is -2.30. The van der Waals surface area contributed by atoms with E-state index >= 15 is 0 Å². The monoisotopic (exact) mass is 275 g/mol. The van der Waals surface area contributed by atoms with Crippen LogP contribution in [0.5, 0.6) is 0 Å². The molecule has 0 radical (unpaired) electrons. The van der Waals surface area contributed by atoms with Crippen LogP contribution in [0.15, 0.2) is 24.3 Å². The van der Waals surface area contributed by atoms with Gasteiger partial charge in [-0.3, -0.25) is 4.79 Å². The molecule has 0 spiro atoms. The minimum absolute atomic E-state index is 0.0535. The van der Waals surface area contributed by atoms with E-state index in [-0.39, 0.29) is 11.9 Å². The standard InChI is InChI=1S/C16H25N3O/c1-4-17-16(20)15-11-13(9-10-18-15)12-5-7-14(8-6-12)19(2)3/h5-8,13,15,18H,4,9-11H2,1-3H3,(H,17,20). The molecule has 2 atom stereocenters. The molecule has 2 rings (SSSR count). The van der Waals surface area contributed by atoms with Crippen molar-refractivity contribution >= 4 is 11.6 Å². The van der Waals surface area contributed by atoms with E-state index in [0.717, 1.165) is 19.4 Å². The smallest absolute Gasteiger partial charge is 0.237 e. The lowest BCUT2D eigenvalue weighted by atomic mass is 9.86. The third-order valence-corrected chi connectivity index (χ3v) is 3.95. The van der Waals surface area contributed by atoms with Crippen LogP contribution in [-0.4, -0.2) is 39.1 Å². The van der Waals surface area contributed by atoms with Gasteiger partial charge in [-0.2, -0.15) is 0 Å². The molecule has 0 aromatic heterocycles. The molecule has 1 aromatic rings. The van der Waals surface area contributed by atoms with E-state index in [4.69, 9.17) is 0 Å². The Bertz CT molecular complexity index is 442. The normalized spacial score (nSPS) is 22.4. The minimum Gasteiger partial charge on any atom is -0.378 e. The molecule has 1 heterocycles. The first-order valence-electron chi connectivity index (χ1n) is 7.40. The first kappa shape index (κ1) is 14.9. The molecule has 4 nitrogen and oxygen atoms in total. The molecule has 0 aliphatic carbocycles. The van der Waals surface area contributed by atoms with Gasteiger partial charge in [-0.1, -0.05) is 12.1 Å². The number of hydrogen-bond acceptors (Lipinski definition) is 3. The molecule has 1 saturated heterocycles. The van der Waals surface area contributed by atoms with Gasteiger partial charge in [0.25, 0.3) is 0 Å². The van der Waals surface area contributed by atoms with Crippen LogP contribution in [0.1, 0.15) is 31.2 Å². The largest absolute Gasteiger partial charge is 0.378 e. The summed E-state index contributed by atoms with van der Waals surface area (Å²) in [4.78, 5) is 14.0. The summed E-state index contributed by atoms with van der Waals surface area (Å²) in [5.41, 5.74) is 2.55. The number of nitrogens with zero attached hydrogens (tertiary/aromatic N) is 1. The van der Waals surface area contributed by atoms with Crippen molar-refractivity contribution in [3.8, 4) is 0 Å². The number of amides is 1. The number of anilines is 1. The molecule has 0 saturated carbocycles. The van der Waals surface area contributed by atoms with Crippen molar-refractivity contribution in [2.45, 2.75) is 31.7 Å². The molecule has 1 aliphatic rings. The first-order chi connectivity index (χ1) is 9.61. The van der Waals surface area contributed by atoms with Crippen molar-refractivity contribution in [3.63, 3.8) is 0 Å². The number of benzene rings is 1. The fourth-order valence-electron chi connectivity index (χ4n) is 2.76. The zero-order valence-corrected chi connectivity index (χ0v) is 12.6. The van der Waals surface area contributed by atoms with E-state index in [9.17, 15) is 4.79 Å². The molecular weight excluding hydrogens is 250 g/mol. The maximum absolute atomic E-state index is 11.9. The van der Waals surface area contributed by atoms with Crippen LogP contribution < -0.4 is 15.5 Å². The maximum Gasteiger partial charge on any atom is 0.237 e. The lowest BCUT2D eigenvalue weighted by Crippen LogP contribution is -2.48. The van der Waals surface area contributed by atoms with Gasteiger partial charge in [0, 0.05) is 26.3 Å². The zero-order valence-electron chi connectivity index (χ0n) is 12.6. The van der Waals surface area contributed by atoms with Crippen LogP contribution in [0.4, 0.5) is 5.69 Å². The lowest BCUT2D eigenvalue weighted by molar-refractivity contribution is -0.123. The van der Waals surface area contributed by atoms with Crippen LogP contribution in [0.3, 0.4) is 0 Å². The van der Waals surface area contributed by atoms with Crippen molar-refractivity contribution < 1.29 is 4.79 Å². The number of hydrogen-bond donors (Lipinski definition) is 2. The Balaban J connectivity index is 2.03. The highest BCUT2D eigenvalue weighted by Crippen LogP contribution is 2.29. The second kappa shape index (κ2) is 6.75. The summed E-state index contributed by atoms with van der Waals surface area (Å²) in [5.74, 6) is 0.599. The van der Waals surface area contributed by atoms with Gasteiger partial charge in [-0.15, -0.1) is 0 Å². The summed E-state index contributed by atoms with van der Waals surface area (Å²) in [6.45, 7) is 3.55. The Morgan fingerprint density at radius 1 is 1.35 bits per heavy atom. The average Bonchev–Trinajstić information content (AvgIpc) is 2.48. The zero-order chi connectivity index (χ0) is 14.5. The SMILES string of the molecule is CCNC(=O)C1CC(c2ccc(N(C)C)cc2)CCN1. The summed E-state index contributed by atoms with van der Waals surface area (Å²) >= 11 is 0. The molecule has 4 heteroatoms. The highest BCUT2D eigenvalue weighted by molar-refractivity contribution is 5.81. The number of piperidine rings is 1. The van der Waals surface area contributed by atoms with E-state index in [2.05, 4.69) is 39.8 Å². The van der Waals surface area contributed by atoms with Gasteiger partial charge < -0.3 is 15.5 Å². The number of rotatable bonds is 4. The van der Waals surface area contributed by atoms with Gasteiger partial charge >= 0.3 is 0 Å². The highest BCUT2D eigenvalue weighted by Gasteiger charge is 2.27. The fourth-order valence-corrected chi connectivity index (χ4v) is 2.76. The molecule has 1 amide bonds. The summed E-state index contributed by atoms with van der Waals surface area (Å²) in [5, 5.41) is 6.22. The Hall–Kier alpha value is -1.55. The van der Waals surface area contributed by atoms with E-state index < -0.39 is 0 Å². The van der Waals surface area contributed by atoms with Gasteiger partial charge in [0.05, 0.1) is 6.04 Å². The number of carbonyl (C=O) groups is 1. The van der Waals surface area contributed by atoms with Gasteiger partial charge in [0.1, 0.15) is 0 Å². The molecule has 1 aliphatic heterocycles. The van der Waals surface area contributed by atoms with E-state index in [0.29, 0.717) is 12.5 Å². The summed E-state index contributed by atoms with van der Waals surface area (Å²) in [7, 11) is 4.09. The molecule has 110 valence electrons. The fraction of sp³-hybridized carbons (Fsp3) is 0.562. The van der Waals surface area contributed by atoms with Crippen molar-refractivity contribution in [2.75, 3.05) is 32.1 Å². The molecule has 20 heavy (non-hydrogen) atoms. The van der Waals surface area contributed by atoms with Crippen LogP contribution in [0.25, 0.3) is 0 Å². The maximum atomic E-state index is 11.9. The van der Waals surface area contributed by atoms with E-state index in [1.54, 1.807) is 0 Å². The second-order valence-corrected chi connectivity index (χ2v) is 5.61. The van der Waals surface area contributed by atoms with Crippen LogP contribution in [-0.2, 0) is 4.79 Å². The van der Waals surface area contributed by atoms with Gasteiger partial charge in [0.2, 0.25) is 5.91 Å². The van der Waals surface area contributed by atoms with Gasteiger partial charge in [-0.25, -0.2) is 0 Å². The molecule has 2 N–H and O–H groups in total. The average molecular weight is 275 g/mol.